The smallest absolute Gasteiger partial charge is 0.296 e. The first-order valence-electron chi connectivity index (χ1n) is 19.0. The first-order valence-corrected chi connectivity index (χ1v) is 23.3. The van der Waals surface area contributed by atoms with Crippen LogP contribution in [0.2, 0.25) is 0 Å². The van der Waals surface area contributed by atoms with Crippen molar-refractivity contribution in [2.24, 2.45) is 20.4 Å². The summed E-state index contributed by atoms with van der Waals surface area (Å²) in [6.45, 7) is 7.27. The summed E-state index contributed by atoms with van der Waals surface area (Å²) in [6, 6.07) is 18.5. The minimum atomic E-state index is -5.23. The SMILES string of the molecule is CCN(CC)CCNC1=CC(=O)C=CC1=NNc1ccc(Nc2ccc(N=Nc3c(S(=O)(=O)O)cc4c(c3N)C(=O)C(=NNc3ccccc3)C(S(=O)(=O)O)=C4)cc2S(=O)(=O)O)cc1. The first kappa shape index (κ1) is 46.6. The van der Waals surface area contributed by atoms with Crippen LogP contribution in [0.3, 0.4) is 0 Å². The summed E-state index contributed by atoms with van der Waals surface area (Å²) in [7, 11) is -15.3. The molecule has 21 nitrogen and oxygen atoms in total. The molecule has 24 heteroatoms. The number of fused-ring (bicyclic) bond motifs is 1. The second-order valence-corrected chi connectivity index (χ2v) is 17.9. The van der Waals surface area contributed by atoms with Crippen molar-refractivity contribution in [3.63, 3.8) is 0 Å². The van der Waals surface area contributed by atoms with Crippen molar-refractivity contribution in [1.29, 1.82) is 0 Å². The van der Waals surface area contributed by atoms with Gasteiger partial charge in [-0.15, -0.1) is 5.11 Å². The highest BCUT2D eigenvalue weighted by molar-refractivity contribution is 7.91. The Bertz CT molecular complexity index is 3040. The van der Waals surface area contributed by atoms with Gasteiger partial charge in [0.25, 0.3) is 30.4 Å². The number of carbonyl (C=O) groups excluding carboxylic acids is 2. The molecule has 0 fully saturated rings. The topological polar surface area (TPSA) is 324 Å². The monoisotopic (exact) mass is 932 g/mol. The molecule has 0 unspecified atom stereocenters. The summed E-state index contributed by atoms with van der Waals surface area (Å²) >= 11 is 0. The van der Waals surface area contributed by atoms with E-state index in [1.165, 1.54) is 24.3 Å². The Hall–Kier alpha value is -6.93. The van der Waals surface area contributed by atoms with Gasteiger partial charge in [-0.1, -0.05) is 32.0 Å². The maximum Gasteiger partial charge on any atom is 0.296 e. The van der Waals surface area contributed by atoms with Gasteiger partial charge in [0, 0.05) is 24.9 Å². The second-order valence-electron chi connectivity index (χ2n) is 13.7. The van der Waals surface area contributed by atoms with Crippen LogP contribution < -0.4 is 27.2 Å². The molecule has 64 heavy (non-hydrogen) atoms. The van der Waals surface area contributed by atoms with E-state index in [1.807, 2.05) is 0 Å². The molecule has 2 aliphatic rings. The standard InChI is InChI=1S/C40H40N10O11S3/c1-3-50(4-2)19-18-42-32-23-29(51)15-17-30(32)47-44-27-12-10-25(11-13-27)43-31-16-14-28(22-33(31)62(53,54)55)46-48-38-34(63(56,57)58)20-24-21-35(64(59,60)61)39(40(52)36(24)37(38)41)49-45-26-8-6-5-7-9-26/h5-17,20-23,42-45H,3-4,18-19,41H2,1-2H3,(H,53,54,55)(H,56,57,58)(H,59,60,61). The number of nitrogen functional groups attached to an aromatic ring is 1. The van der Waals surface area contributed by atoms with Gasteiger partial charge in [0.05, 0.1) is 39.7 Å². The van der Waals surface area contributed by atoms with Crippen molar-refractivity contribution in [3.8, 4) is 0 Å². The molecule has 0 saturated heterocycles. The van der Waals surface area contributed by atoms with Crippen LogP contribution in [0.5, 0.6) is 0 Å². The number of hydrogen-bond donors (Lipinski definition) is 8. The zero-order valence-corrected chi connectivity index (χ0v) is 36.2. The van der Waals surface area contributed by atoms with Gasteiger partial charge < -0.3 is 21.3 Å². The Morgan fingerprint density at radius 1 is 0.703 bits per heavy atom. The van der Waals surface area contributed by atoms with Gasteiger partial charge in [-0.2, -0.15) is 40.6 Å². The van der Waals surface area contributed by atoms with Crippen LogP contribution in [0.25, 0.3) is 6.08 Å². The van der Waals surface area contributed by atoms with E-state index in [4.69, 9.17) is 5.73 Å². The summed E-state index contributed by atoms with van der Waals surface area (Å²) < 4.78 is 105. The number of benzene rings is 4. The Kier molecular flexibility index (Phi) is 14.0. The predicted octanol–water partition coefficient (Wildman–Crippen LogP) is 5.54. The fraction of sp³-hybridized carbons (Fsp3) is 0.150. The third-order valence-corrected chi connectivity index (χ3v) is 12.1. The molecule has 334 valence electrons. The van der Waals surface area contributed by atoms with Crippen LogP contribution in [0.15, 0.2) is 138 Å². The Balaban J connectivity index is 1.26. The van der Waals surface area contributed by atoms with Crippen LogP contribution >= 0.6 is 0 Å². The number of nitrogens with zero attached hydrogens (tertiary/aromatic N) is 5. The summed E-state index contributed by atoms with van der Waals surface area (Å²) in [5, 5.41) is 22.1. The molecule has 0 spiro atoms. The van der Waals surface area contributed by atoms with Crippen LogP contribution in [0.1, 0.15) is 29.8 Å². The summed E-state index contributed by atoms with van der Waals surface area (Å²) in [6.07, 6.45) is 5.16. The van der Waals surface area contributed by atoms with E-state index in [2.05, 4.69) is 60.7 Å². The van der Waals surface area contributed by atoms with E-state index < -0.39 is 79.0 Å². The number of carbonyl (C=O) groups is 2. The lowest BCUT2D eigenvalue weighted by Crippen LogP contribution is -2.33. The summed E-state index contributed by atoms with van der Waals surface area (Å²) in [5.41, 5.74) is 10.3. The minimum Gasteiger partial charge on any atom is -0.396 e. The fourth-order valence-corrected chi connectivity index (χ4v) is 8.28. The number of hydrazone groups is 2. The zero-order valence-electron chi connectivity index (χ0n) is 33.8. The number of nitrogens with one attached hydrogen (secondary N) is 4. The number of para-hydroxylation sites is 1. The van der Waals surface area contributed by atoms with E-state index in [0.717, 1.165) is 31.8 Å². The van der Waals surface area contributed by atoms with Crippen molar-refractivity contribution in [1.82, 2.24) is 10.2 Å². The van der Waals surface area contributed by atoms with E-state index in [1.54, 1.807) is 60.7 Å². The van der Waals surface area contributed by atoms with Gasteiger partial charge in [-0.25, -0.2) is 0 Å². The van der Waals surface area contributed by atoms with Crippen LogP contribution in [-0.2, 0) is 35.1 Å². The lowest BCUT2D eigenvalue weighted by Gasteiger charge is -2.20. The van der Waals surface area contributed by atoms with E-state index in [9.17, 15) is 48.5 Å². The molecule has 4 aromatic carbocycles. The highest BCUT2D eigenvalue weighted by atomic mass is 32.2. The van der Waals surface area contributed by atoms with Gasteiger partial charge in [-0.05, 0) is 97.5 Å². The number of hydrogen-bond acceptors (Lipinski definition) is 18. The van der Waals surface area contributed by atoms with Gasteiger partial charge in [0.1, 0.15) is 26.1 Å². The zero-order chi connectivity index (χ0) is 46.4. The van der Waals surface area contributed by atoms with Gasteiger partial charge in [-0.3, -0.25) is 34.1 Å². The number of allylic oxidation sites excluding steroid dienone is 4. The highest BCUT2D eigenvalue weighted by Crippen LogP contribution is 2.41. The van der Waals surface area contributed by atoms with Crippen LogP contribution in [0.4, 0.5) is 39.8 Å². The minimum absolute atomic E-state index is 0.111. The van der Waals surface area contributed by atoms with Gasteiger partial charge in [0.2, 0.25) is 5.78 Å². The molecule has 0 bridgehead atoms. The lowest BCUT2D eigenvalue weighted by molar-refractivity contribution is -0.110. The van der Waals surface area contributed by atoms with E-state index in [-0.39, 0.29) is 17.2 Å². The van der Waals surface area contributed by atoms with Crippen molar-refractivity contribution >= 4 is 99.2 Å². The molecule has 0 saturated carbocycles. The number of rotatable bonds is 17. The molecular formula is C40H40N10O11S3. The molecule has 4 aromatic rings. The molecule has 9 N–H and O–H groups in total. The molecule has 0 atom stereocenters. The largest absolute Gasteiger partial charge is 0.396 e. The molecule has 0 heterocycles. The van der Waals surface area contributed by atoms with Crippen molar-refractivity contribution in [3.05, 3.63) is 119 Å². The van der Waals surface area contributed by atoms with Gasteiger partial charge >= 0.3 is 0 Å². The Labute approximate surface area is 367 Å². The number of anilines is 5. The molecule has 0 aliphatic heterocycles. The molecule has 2 aliphatic carbocycles. The van der Waals surface area contributed by atoms with Gasteiger partial charge in [0.15, 0.2) is 11.5 Å². The van der Waals surface area contributed by atoms with E-state index in [0.29, 0.717) is 41.1 Å². The third kappa shape index (κ3) is 11.2. The molecule has 0 radical (unpaired) electrons. The Morgan fingerprint density at radius 3 is 1.98 bits per heavy atom. The number of Topliss-reactive ketones (excluding diaryl/α,β-unsaturated/α-hetero) is 1. The number of likely N-dealkylation sites (N-methyl/N-ethyl adjacent to an activating group) is 1. The van der Waals surface area contributed by atoms with Crippen LogP contribution in [0, 0.1) is 0 Å². The molecule has 0 aromatic heterocycles. The van der Waals surface area contributed by atoms with Crippen molar-refractivity contribution in [2.45, 2.75) is 23.6 Å². The maximum atomic E-state index is 13.8. The van der Waals surface area contributed by atoms with E-state index >= 15 is 0 Å². The lowest BCUT2D eigenvalue weighted by atomic mass is 9.92. The second kappa shape index (κ2) is 19.2. The fourth-order valence-electron chi connectivity index (χ4n) is 6.28. The quantitative estimate of drug-likeness (QED) is 0.0212. The normalized spacial score (nSPS) is 15.7. The highest BCUT2D eigenvalue weighted by Gasteiger charge is 2.37. The average Bonchev–Trinajstić information content (AvgIpc) is 3.24. The van der Waals surface area contributed by atoms with Crippen molar-refractivity contribution in [2.75, 3.05) is 48.1 Å². The summed E-state index contributed by atoms with van der Waals surface area (Å²) in [4.78, 5) is 25.3. The number of ketones is 2. The average molecular weight is 933 g/mol. The Morgan fingerprint density at radius 2 is 1.34 bits per heavy atom. The first-order chi connectivity index (χ1) is 30.3. The number of nitrogens with two attached hydrogens (primary N) is 1. The predicted molar refractivity (Wildman–Crippen MR) is 241 cm³/mol. The molecular weight excluding hydrogens is 893 g/mol. The molecule has 0 amide bonds. The molecule has 6 rings (SSSR count). The summed E-state index contributed by atoms with van der Waals surface area (Å²) in [5.74, 6) is -1.37. The maximum absolute atomic E-state index is 13.8. The van der Waals surface area contributed by atoms with Crippen molar-refractivity contribution < 1.29 is 48.5 Å². The third-order valence-electron chi connectivity index (χ3n) is 9.51. The number of azo groups is 1. The van der Waals surface area contributed by atoms with Crippen LogP contribution in [-0.4, -0.2) is 93.0 Å².